The number of carbonyl (C=O) groups excluding carboxylic acids is 1. The highest BCUT2D eigenvalue weighted by molar-refractivity contribution is 9.12. The number of nitrogens with two attached hydrogens (primary N) is 1. The topological polar surface area (TPSA) is 55.1 Å². The first-order chi connectivity index (χ1) is 6.15. The fourth-order valence-corrected chi connectivity index (χ4v) is 3.57. The fourth-order valence-electron chi connectivity index (χ4n) is 0.776. The van der Waals surface area contributed by atoms with E-state index < -0.39 is 0 Å². The zero-order valence-electron chi connectivity index (χ0n) is 7.05. The molecule has 0 saturated carbocycles. The smallest absolute Gasteiger partial charge is 0.253 e. The van der Waals surface area contributed by atoms with Crippen molar-refractivity contribution in [3.63, 3.8) is 0 Å². The van der Waals surface area contributed by atoms with Crippen molar-refractivity contribution in [1.82, 2.24) is 5.32 Å². The summed E-state index contributed by atoms with van der Waals surface area (Å²) in [6.07, 6.45) is 0. The van der Waals surface area contributed by atoms with Crippen molar-refractivity contribution in [1.29, 1.82) is 0 Å². The van der Waals surface area contributed by atoms with Gasteiger partial charge in [0.25, 0.3) is 5.91 Å². The lowest BCUT2D eigenvalue weighted by molar-refractivity contribution is 0.0954. The Balaban J connectivity index is 0.00000169. The first-order valence-electron chi connectivity index (χ1n) is 3.58. The summed E-state index contributed by atoms with van der Waals surface area (Å²) in [5, 5.41) is 2.69. The molecule has 0 atom stereocenters. The number of hydrogen-bond acceptors (Lipinski definition) is 3. The molecule has 14 heavy (non-hydrogen) atoms. The Labute approximate surface area is 109 Å². The highest BCUT2D eigenvalue weighted by atomic mass is 79.9. The summed E-state index contributed by atoms with van der Waals surface area (Å²) in [5.41, 5.74) is 5.91. The molecule has 1 heterocycles. The Morgan fingerprint density at radius 3 is 2.64 bits per heavy atom. The van der Waals surface area contributed by atoms with Crippen molar-refractivity contribution in [2.24, 2.45) is 5.73 Å². The number of hydrogen-bond donors (Lipinski definition) is 2. The average molecular weight is 364 g/mol. The van der Waals surface area contributed by atoms with Crippen molar-refractivity contribution in [2.75, 3.05) is 13.1 Å². The van der Waals surface area contributed by atoms with E-state index in [0.717, 1.165) is 7.57 Å². The maximum atomic E-state index is 11.4. The predicted molar refractivity (Wildman–Crippen MR) is 68.4 cm³/mol. The lowest BCUT2D eigenvalue weighted by atomic mass is 10.3. The molecule has 0 aliphatic rings. The molecule has 1 amide bonds. The first-order valence-corrected chi connectivity index (χ1v) is 5.98. The van der Waals surface area contributed by atoms with Crippen LogP contribution in [-0.4, -0.2) is 19.0 Å². The molecule has 0 radical (unpaired) electrons. The molecule has 3 nitrogen and oxygen atoms in total. The number of amides is 1. The fraction of sp³-hybridized carbons (Fsp3) is 0.286. The predicted octanol–water partition coefficient (Wildman–Crippen LogP) is 2.38. The Kier molecular flexibility index (Phi) is 6.97. The number of carbonyl (C=O) groups is 1. The first kappa shape index (κ1) is 14.4. The summed E-state index contributed by atoms with van der Waals surface area (Å²) in [7, 11) is 0. The van der Waals surface area contributed by atoms with Crippen LogP contribution in [0.2, 0.25) is 0 Å². The molecule has 1 aromatic heterocycles. The Morgan fingerprint density at radius 1 is 1.57 bits per heavy atom. The normalized spacial score (nSPS) is 9.36. The van der Waals surface area contributed by atoms with Gasteiger partial charge in [-0.2, -0.15) is 0 Å². The van der Waals surface area contributed by atoms with Gasteiger partial charge in [-0.15, -0.1) is 23.7 Å². The number of halogens is 3. The molecular formula is C7H9Br2ClN2OS. The lowest BCUT2D eigenvalue weighted by Crippen LogP contribution is -2.28. The minimum Gasteiger partial charge on any atom is -0.351 e. The summed E-state index contributed by atoms with van der Waals surface area (Å²) in [5.74, 6) is -0.0979. The van der Waals surface area contributed by atoms with E-state index in [0.29, 0.717) is 18.7 Å². The minimum absolute atomic E-state index is 0. The summed E-state index contributed by atoms with van der Waals surface area (Å²) < 4.78 is 1.76. The SMILES string of the molecule is Cl.NCCNC(=O)c1cc(Br)sc1Br. The standard InChI is InChI=1S/C7H8Br2N2OS.ClH/c8-5-3-4(6(9)13-5)7(12)11-2-1-10;/h3H,1-2,10H2,(H,11,12);1H. The molecule has 0 aromatic carbocycles. The van der Waals surface area contributed by atoms with Gasteiger partial charge < -0.3 is 11.1 Å². The van der Waals surface area contributed by atoms with Crippen LogP contribution < -0.4 is 11.1 Å². The summed E-state index contributed by atoms with van der Waals surface area (Å²) in [6.45, 7) is 0.952. The number of thiophene rings is 1. The number of rotatable bonds is 3. The molecule has 0 aliphatic heterocycles. The van der Waals surface area contributed by atoms with Gasteiger partial charge in [-0.25, -0.2) is 0 Å². The average Bonchev–Trinajstić information content (AvgIpc) is 2.41. The molecule has 0 fully saturated rings. The maximum Gasteiger partial charge on any atom is 0.253 e. The van der Waals surface area contributed by atoms with E-state index in [4.69, 9.17) is 5.73 Å². The molecule has 0 spiro atoms. The monoisotopic (exact) mass is 362 g/mol. The molecule has 3 N–H and O–H groups in total. The van der Waals surface area contributed by atoms with Crippen molar-refractivity contribution in [2.45, 2.75) is 0 Å². The van der Waals surface area contributed by atoms with Crippen molar-refractivity contribution >= 4 is 61.5 Å². The molecule has 0 saturated heterocycles. The molecule has 7 heteroatoms. The van der Waals surface area contributed by atoms with Crippen LogP contribution in [0, 0.1) is 0 Å². The maximum absolute atomic E-state index is 11.4. The third-order valence-electron chi connectivity index (χ3n) is 1.33. The van der Waals surface area contributed by atoms with Gasteiger partial charge in [0.05, 0.1) is 13.1 Å². The van der Waals surface area contributed by atoms with E-state index in [1.165, 1.54) is 11.3 Å². The van der Waals surface area contributed by atoms with Gasteiger partial charge in [0.2, 0.25) is 0 Å². The third-order valence-corrected chi connectivity index (χ3v) is 3.67. The molecule has 0 unspecified atom stereocenters. The Bertz CT molecular complexity index is 319. The van der Waals surface area contributed by atoms with E-state index in [1.807, 2.05) is 0 Å². The molecule has 0 bridgehead atoms. The van der Waals surface area contributed by atoms with Crippen molar-refractivity contribution in [3.8, 4) is 0 Å². The van der Waals surface area contributed by atoms with E-state index in [1.54, 1.807) is 6.07 Å². The second-order valence-corrected chi connectivity index (χ2v) is 6.03. The Hall–Kier alpha value is 0.380. The van der Waals surface area contributed by atoms with Gasteiger partial charge in [0, 0.05) is 13.1 Å². The lowest BCUT2D eigenvalue weighted by Gasteiger charge is -2.00. The molecule has 0 aliphatic carbocycles. The van der Waals surface area contributed by atoms with Crippen LogP contribution in [0.1, 0.15) is 10.4 Å². The van der Waals surface area contributed by atoms with E-state index in [2.05, 4.69) is 37.2 Å². The molecule has 1 rings (SSSR count). The molecule has 80 valence electrons. The second-order valence-electron chi connectivity index (χ2n) is 2.28. The van der Waals surface area contributed by atoms with Gasteiger partial charge in [-0.3, -0.25) is 4.79 Å². The zero-order chi connectivity index (χ0) is 9.84. The third kappa shape index (κ3) is 3.86. The largest absolute Gasteiger partial charge is 0.351 e. The van der Waals surface area contributed by atoms with E-state index in [9.17, 15) is 4.79 Å². The van der Waals surface area contributed by atoms with Gasteiger partial charge in [-0.1, -0.05) is 0 Å². The van der Waals surface area contributed by atoms with E-state index >= 15 is 0 Å². The van der Waals surface area contributed by atoms with Crippen LogP contribution >= 0.6 is 55.6 Å². The highest BCUT2D eigenvalue weighted by Crippen LogP contribution is 2.31. The van der Waals surface area contributed by atoms with Crippen LogP contribution in [0.3, 0.4) is 0 Å². The van der Waals surface area contributed by atoms with Crippen LogP contribution in [-0.2, 0) is 0 Å². The highest BCUT2D eigenvalue weighted by Gasteiger charge is 2.12. The second kappa shape index (κ2) is 6.79. The van der Waals surface area contributed by atoms with Gasteiger partial charge in [0.1, 0.15) is 0 Å². The van der Waals surface area contributed by atoms with Gasteiger partial charge >= 0.3 is 0 Å². The zero-order valence-corrected chi connectivity index (χ0v) is 11.9. The van der Waals surface area contributed by atoms with Crippen LogP contribution in [0.15, 0.2) is 13.6 Å². The quantitative estimate of drug-likeness (QED) is 0.865. The van der Waals surface area contributed by atoms with Crippen molar-refractivity contribution in [3.05, 3.63) is 19.2 Å². The van der Waals surface area contributed by atoms with Gasteiger partial charge in [-0.05, 0) is 37.9 Å². The van der Waals surface area contributed by atoms with Crippen LogP contribution in [0.5, 0.6) is 0 Å². The summed E-state index contributed by atoms with van der Waals surface area (Å²) in [6, 6.07) is 1.78. The van der Waals surface area contributed by atoms with Crippen LogP contribution in [0.25, 0.3) is 0 Å². The minimum atomic E-state index is -0.0979. The molecule has 1 aromatic rings. The van der Waals surface area contributed by atoms with E-state index in [-0.39, 0.29) is 18.3 Å². The molecular weight excluding hydrogens is 355 g/mol. The van der Waals surface area contributed by atoms with Gasteiger partial charge in [0.15, 0.2) is 0 Å². The number of nitrogens with one attached hydrogen (secondary N) is 1. The Morgan fingerprint density at radius 2 is 2.21 bits per heavy atom. The van der Waals surface area contributed by atoms with Crippen LogP contribution in [0.4, 0.5) is 0 Å². The summed E-state index contributed by atoms with van der Waals surface area (Å²) in [4.78, 5) is 11.4. The van der Waals surface area contributed by atoms with Crippen molar-refractivity contribution < 1.29 is 4.79 Å². The summed E-state index contributed by atoms with van der Waals surface area (Å²) >= 11 is 8.08.